The van der Waals surface area contributed by atoms with Gasteiger partial charge in [0.2, 0.25) is 5.82 Å². The van der Waals surface area contributed by atoms with Crippen molar-refractivity contribution < 1.29 is 4.92 Å². The van der Waals surface area contributed by atoms with Crippen LogP contribution < -0.4 is 5.32 Å². The molecule has 0 aromatic carbocycles. The summed E-state index contributed by atoms with van der Waals surface area (Å²) in [5, 5.41) is 14.1. The lowest BCUT2D eigenvalue weighted by atomic mass is 10.1. The molecule has 2 heterocycles. The fourth-order valence-electron chi connectivity index (χ4n) is 2.14. The van der Waals surface area contributed by atoms with Crippen LogP contribution in [0, 0.1) is 16.0 Å². The SMILES string of the molecule is CN1CCC(CNc2nc(Cl)ccc2[N+](=O)[O-])C1. The van der Waals surface area contributed by atoms with E-state index in [1.165, 1.54) is 12.1 Å². The third-order valence-electron chi connectivity index (χ3n) is 3.08. The first-order valence-electron chi connectivity index (χ1n) is 5.79. The molecule has 1 N–H and O–H groups in total. The Morgan fingerprint density at radius 3 is 3.06 bits per heavy atom. The summed E-state index contributed by atoms with van der Waals surface area (Å²) in [6.45, 7) is 2.75. The van der Waals surface area contributed by atoms with Gasteiger partial charge in [-0.25, -0.2) is 4.98 Å². The van der Waals surface area contributed by atoms with Crippen molar-refractivity contribution in [2.75, 3.05) is 32.0 Å². The first-order chi connectivity index (χ1) is 8.56. The highest BCUT2D eigenvalue weighted by Crippen LogP contribution is 2.25. The molecule has 1 aromatic heterocycles. The molecule has 7 heteroatoms. The summed E-state index contributed by atoms with van der Waals surface area (Å²) in [6, 6.07) is 2.80. The average Bonchev–Trinajstić information content (AvgIpc) is 2.72. The van der Waals surface area contributed by atoms with Gasteiger partial charge in [-0.15, -0.1) is 0 Å². The van der Waals surface area contributed by atoms with Crippen molar-refractivity contribution in [2.24, 2.45) is 5.92 Å². The van der Waals surface area contributed by atoms with E-state index in [2.05, 4.69) is 22.2 Å². The van der Waals surface area contributed by atoms with E-state index in [1.807, 2.05) is 0 Å². The molecule has 2 rings (SSSR count). The van der Waals surface area contributed by atoms with Gasteiger partial charge in [-0.3, -0.25) is 10.1 Å². The van der Waals surface area contributed by atoms with Crippen molar-refractivity contribution >= 4 is 23.1 Å². The Hall–Kier alpha value is -1.40. The number of aromatic nitrogens is 1. The molecule has 1 atom stereocenters. The minimum Gasteiger partial charge on any atom is -0.364 e. The van der Waals surface area contributed by atoms with Gasteiger partial charge in [-0.2, -0.15) is 0 Å². The molecule has 0 spiro atoms. The highest BCUT2D eigenvalue weighted by Gasteiger charge is 2.21. The van der Waals surface area contributed by atoms with E-state index < -0.39 is 4.92 Å². The fourth-order valence-corrected chi connectivity index (χ4v) is 2.29. The molecular formula is C11H15ClN4O2. The van der Waals surface area contributed by atoms with Crippen LogP contribution in [0.4, 0.5) is 11.5 Å². The van der Waals surface area contributed by atoms with Crippen molar-refractivity contribution in [3.05, 3.63) is 27.4 Å². The van der Waals surface area contributed by atoms with E-state index in [0.29, 0.717) is 12.5 Å². The number of nitrogens with zero attached hydrogens (tertiary/aromatic N) is 3. The summed E-state index contributed by atoms with van der Waals surface area (Å²) in [6.07, 6.45) is 1.10. The summed E-state index contributed by atoms with van der Waals surface area (Å²) in [4.78, 5) is 16.6. The van der Waals surface area contributed by atoms with Gasteiger partial charge >= 0.3 is 5.69 Å². The summed E-state index contributed by atoms with van der Waals surface area (Å²) < 4.78 is 0. The molecule has 98 valence electrons. The van der Waals surface area contributed by atoms with E-state index in [-0.39, 0.29) is 16.7 Å². The van der Waals surface area contributed by atoms with Crippen LogP contribution >= 0.6 is 11.6 Å². The Kier molecular flexibility index (Phi) is 3.98. The molecule has 0 radical (unpaired) electrons. The first kappa shape index (κ1) is 13.0. The minimum atomic E-state index is -0.452. The molecule has 0 saturated carbocycles. The highest BCUT2D eigenvalue weighted by atomic mass is 35.5. The summed E-state index contributed by atoms with van der Waals surface area (Å²) in [5.74, 6) is 0.748. The molecular weight excluding hydrogens is 256 g/mol. The smallest absolute Gasteiger partial charge is 0.311 e. The largest absolute Gasteiger partial charge is 0.364 e. The second kappa shape index (κ2) is 5.49. The maximum absolute atomic E-state index is 10.9. The number of halogens is 1. The van der Waals surface area contributed by atoms with Gasteiger partial charge in [0.15, 0.2) is 0 Å². The van der Waals surface area contributed by atoms with E-state index in [9.17, 15) is 10.1 Å². The van der Waals surface area contributed by atoms with E-state index >= 15 is 0 Å². The molecule has 1 fully saturated rings. The molecule has 6 nitrogen and oxygen atoms in total. The zero-order valence-electron chi connectivity index (χ0n) is 10.1. The summed E-state index contributed by atoms with van der Waals surface area (Å²) in [5.41, 5.74) is -0.0363. The maximum atomic E-state index is 10.9. The van der Waals surface area contributed by atoms with Crippen molar-refractivity contribution in [3.63, 3.8) is 0 Å². The molecule has 1 aliphatic heterocycles. The quantitative estimate of drug-likeness (QED) is 0.515. The number of rotatable bonds is 4. The van der Waals surface area contributed by atoms with Crippen LogP contribution in [0.2, 0.25) is 5.15 Å². The zero-order chi connectivity index (χ0) is 13.1. The lowest BCUT2D eigenvalue weighted by Gasteiger charge is -2.12. The third-order valence-corrected chi connectivity index (χ3v) is 3.29. The molecule has 1 unspecified atom stereocenters. The van der Waals surface area contributed by atoms with Gasteiger partial charge in [0.25, 0.3) is 0 Å². The maximum Gasteiger partial charge on any atom is 0.311 e. The van der Waals surface area contributed by atoms with Gasteiger partial charge < -0.3 is 10.2 Å². The van der Waals surface area contributed by atoms with Crippen LogP contribution in [0.5, 0.6) is 0 Å². The fraction of sp³-hybridized carbons (Fsp3) is 0.545. The van der Waals surface area contributed by atoms with E-state index in [0.717, 1.165) is 19.5 Å². The van der Waals surface area contributed by atoms with Gasteiger partial charge in [0, 0.05) is 19.2 Å². The Labute approximate surface area is 110 Å². The van der Waals surface area contributed by atoms with Crippen LogP contribution in [0.15, 0.2) is 12.1 Å². The average molecular weight is 271 g/mol. The summed E-state index contributed by atoms with van der Waals surface area (Å²) >= 11 is 5.76. The van der Waals surface area contributed by atoms with E-state index in [1.54, 1.807) is 0 Å². The predicted molar refractivity (Wildman–Crippen MR) is 70.0 cm³/mol. The van der Waals surface area contributed by atoms with Gasteiger partial charge in [0.1, 0.15) is 5.15 Å². The highest BCUT2D eigenvalue weighted by molar-refractivity contribution is 6.29. The number of hydrogen-bond acceptors (Lipinski definition) is 5. The molecule has 1 saturated heterocycles. The second-order valence-corrected chi connectivity index (χ2v) is 4.94. The Balaban J connectivity index is 2.04. The van der Waals surface area contributed by atoms with Crippen molar-refractivity contribution in [3.8, 4) is 0 Å². The normalized spacial score (nSPS) is 20.0. The topological polar surface area (TPSA) is 71.3 Å². The second-order valence-electron chi connectivity index (χ2n) is 4.56. The van der Waals surface area contributed by atoms with Crippen molar-refractivity contribution in [1.29, 1.82) is 0 Å². The van der Waals surface area contributed by atoms with Gasteiger partial charge in [-0.1, -0.05) is 11.6 Å². The molecule has 0 amide bonds. The summed E-state index contributed by atoms with van der Waals surface area (Å²) in [7, 11) is 2.07. The first-order valence-corrected chi connectivity index (χ1v) is 6.17. The number of anilines is 1. The Morgan fingerprint density at radius 2 is 2.44 bits per heavy atom. The van der Waals surface area contributed by atoms with E-state index in [4.69, 9.17) is 11.6 Å². The molecule has 1 aliphatic rings. The lowest BCUT2D eigenvalue weighted by molar-refractivity contribution is -0.384. The standard InChI is InChI=1S/C11H15ClN4O2/c1-15-5-4-8(7-15)6-13-11-9(16(17)18)2-3-10(12)14-11/h2-3,8H,4-7H2,1H3,(H,13,14). The van der Waals surface area contributed by atoms with Gasteiger partial charge in [-0.05, 0) is 32.0 Å². The zero-order valence-corrected chi connectivity index (χ0v) is 10.9. The Morgan fingerprint density at radius 1 is 1.67 bits per heavy atom. The van der Waals surface area contributed by atoms with Crippen molar-refractivity contribution in [2.45, 2.75) is 6.42 Å². The Bertz CT molecular complexity index is 455. The van der Waals surface area contributed by atoms with Crippen molar-refractivity contribution in [1.82, 2.24) is 9.88 Å². The number of likely N-dealkylation sites (tertiary alicyclic amines) is 1. The van der Waals surface area contributed by atoms with Crippen LogP contribution in [0.25, 0.3) is 0 Å². The van der Waals surface area contributed by atoms with Gasteiger partial charge in [0.05, 0.1) is 4.92 Å². The van der Waals surface area contributed by atoms with Crippen LogP contribution in [-0.4, -0.2) is 41.5 Å². The predicted octanol–water partition coefficient (Wildman–Crippen LogP) is 2.01. The monoisotopic (exact) mass is 270 g/mol. The molecule has 1 aromatic rings. The van der Waals surface area contributed by atoms with Crippen LogP contribution in [0.1, 0.15) is 6.42 Å². The molecule has 18 heavy (non-hydrogen) atoms. The number of pyridine rings is 1. The molecule has 0 aliphatic carbocycles. The van der Waals surface area contributed by atoms with Crippen LogP contribution in [-0.2, 0) is 0 Å². The lowest BCUT2D eigenvalue weighted by Crippen LogP contribution is -2.19. The number of hydrogen-bond donors (Lipinski definition) is 1. The van der Waals surface area contributed by atoms with Crippen LogP contribution in [0.3, 0.4) is 0 Å². The number of nitrogens with one attached hydrogen (secondary N) is 1. The number of nitro groups is 1. The molecule has 0 bridgehead atoms. The third kappa shape index (κ3) is 3.08. The minimum absolute atomic E-state index is 0.0363.